The zero-order valence-corrected chi connectivity index (χ0v) is 40.7. The predicted octanol–water partition coefficient (Wildman–Crippen LogP) is 0.865. The van der Waals surface area contributed by atoms with E-state index in [1.165, 1.54) is 65.2 Å². The highest BCUT2D eigenvalue weighted by molar-refractivity contribution is 7.47. The number of carboxylic acid groups (broad SMARTS) is 2. The molecule has 0 bridgehead atoms. The van der Waals surface area contributed by atoms with Crippen molar-refractivity contribution in [1.82, 2.24) is 21.3 Å². The zero-order chi connectivity index (χ0) is 51.0. The molecule has 2 aliphatic rings. The third-order valence-corrected chi connectivity index (χ3v) is 12.5. The highest BCUT2D eigenvalue weighted by Gasteiger charge is 2.54. The molecule has 2 fully saturated rings. The Hall–Kier alpha value is -3.39. The number of aliphatic hydroxyl groups excluding tert-OH is 4. The second-order valence-corrected chi connectivity index (χ2v) is 18.7. The van der Waals surface area contributed by atoms with E-state index in [-0.39, 0.29) is 6.61 Å². The van der Waals surface area contributed by atoms with Crippen LogP contribution in [0.2, 0.25) is 0 Å². The van der Waals surface area contributed by atoms with Crippen LogP contribution in [0.5, 0.6) is 0 Å². The number of carboxylic acids is 2. The number of aliphatic carboxylic acids is 2. The summed E-state index contributed by atoms with van der Waals surface area (Å²) in [5.74, 6) is -6.37. The molecule has 0 radical (unpaired) electrons. The van der Waals surface area contributed by atoms with E-state index in [0.29, 0.717) is 12.8 Å². The fourth-order valence-corrected chi connectivity index (χ4v) is 8.61. The predicted molar refractivity (Wildman–Crippen MR) is 239 cm³/mol. The Morgan fingerprint density at radius 2 is 1.19 bits per heavy atom. The van der Waals surface area contributed by atoms with Crippen LogP contribution in [0.3, 0.4) is 0 Å². The van der Waals surface area contributed by atoms with Crippen LogP contribution in [0, 0.1) is 0 Å². The summed E-state index contributed by atoms with van der Waals surface area (Å²) in [5.41, 5.74) is 0. The highest BCUT2D eigenvalue weighted by Crippen LogP contribution is 2.47. The summed E-state index contributed by atoms with van der Waals surface area (Å²) in [6.07, 6.45) is -1.37. The molecule has 0 saturated carbocycles. The monoisotopic (exact) mass is 1000 g/mol. The smallest absolute Gasteiger partial charge is 0.474 e. The third kappa shape index (κ3) is 21.7. The second-order valence-electron chi connectivity index (χ2n) is 17.3. The van der Waals surface area contributed by atoms with Crippen LogP contribution >= 0.6 is 7.82 Å². The summed E-state index contributed by atoms with van der Waals surface area (Å²) in [7, 11) is -5.03. The van der Waals surface area contributed by atoms with Gasteiger partial charge in [0.15, 0.2) is 12.6 Å². The molecule has 11 N–H and O–H groups in total. The molecule has 4 amide bonds. The Labute approximate surface area is 397 Å². The first kappa shape index (κ1) is 60.7. The van der Waals surface area contributed by atoms with Crippen molar-refractivity contribution in [2.24, 2.45) is 0 Å². The molecule has 0 aliphatic carbocycles. The SMILES string of the molecule is CCCCCCCCCCCCCCCCOP(=O)(O)OC1OC(CO)C(OC2OC(CO)C(O)C(O)C2NC(C)=O)C(OC(C)C(=O)NC(C)C(=O)NC(CCC(=O)O)C(=O)O)C1NC(C)=O. The van der Waals surface area contributed by atoms with Crippen molar-refractivity contribution < 1.29 is 96.9 Å². The molecule has 24 nitrogen and oxygen atoms in total. The molecule has 2 aliphatic heterocycles. The van der Waals surface area contributed by atoms with E-state index < -0.39 is 149 Å². The van der Waals surface area contributed by atoms with E-state index in [4.69, 9.17) is 33.1 Å². The van der Waals surface area contributed by atoms with Crippen molar-refractivity contribution >= 4 is 43.4 Å². The number of phosphoric acid groups is 1. The normalized spacial score (nSPS) is 27.2. The lowest BCUT2D eigenvalue weighted by molar-refractivity contribution is -0.331. The molecule has 2 heterocycles. The van der Waals surface area contributed by atoms with Crippen molar-refractivity contribution in [2.45, 2.75) is 217 Å². The molecule has 0 spiro atoms. The van der Waals surface area contributed by atoms with Gasteiger partial charge in [0.1, 0.15) is 66.9 Å². The maximum absolute atomic E-state index is 13.6. The summed E-state index contributed by atoms with van der Waals surface area (Å²) in [6.45, 7) is 4.71. The molecule has 2 saturated heterocycles. The second kappa shape index (κ2) is 31.8. The van der Waals surface area contributed by atoms with Gasteiger partial charge in [-0.2, -0.15) is 0 Å². The third-order valence-electron chi connectivity index (χ3n) is 11.5. The first-order chi connectivity index (χ1) is 32.2. The Morgan fingerprint density at radius 3 is 1.69 bits per heavy atom. The van der Waals surface area contributed by atoms with Crippen LogP contribution in [0.4, 0.5) is 0 Å². The summed E-state index contributed by atoms with van der Waals surface area (Å²) in [6, 6.07) is -6.30. The molecule has 14 atom stereocenters. The fourth-order valence-electron chi connectivity index (χ4n) is 7.75. The lowest BCUT2D eigenvalue weighted by Gasteiger charge is -2.49. The molecule has 394 valence electrons. The maximum Gasteiger partial charge on any atom is 0.474 e. The summed E-state index contributed by atoms with van der Waals surface area (Å²) >= 11 is 0. The van der Waals surface area contributed by atoms with Crippen molar-refractivity contribution in [3.8, 4) is 0 Å². The van der Waals surface area contributed by atoms with Crippen LogP contribution in [-0.2, 0) is 61.3 Å². The lowest BCUT2D eigenvalue weighted by atomic mass is 9.94. The summed E-state index contributed by atoms with van der Waals surface area (Å²) in [4.78, 5) is 85.0. The molecule has 68 heavy (non-hydrogen) atoms. The quantitative estimate of drug-likeness (QED) is 0.0315. The van der Waals surface area contributed by atoms with Crippen LogP contribution < -0.4 is 21.3 Å². The molecule has 0 aromatic rings. The Morgan fingerprint density at radius 1 is 0.676 bits per heavy atom. The number of hydrogen-bond donors (Lipinski definition) is 11. The minimum Gasteiger partial charge on any atom is -0.481 e. The maximum atomic E-state index is 13.6. The number of rotatable bonds is 34. The molecular weight excluding hydrogens is 923 g/mol. The standard InChI is InChI=1S/C43H77N4O20P/c1-6-7-8-9-10-11-12-13-14-15-16-17-18-19-22-62-68(60,61)67-43-34(46-28(5)51)38(63-26(3)40(57)44-25(2)39(56)47-29(41(58)59)20-21-32(52)53)37(31(24-49)65-43)66-42-33(45-27(4)50)36(55)35(54)30(23-48)64-42/h25-26,29-31,33-38,42-43,48-49,54-55H,6-24H2,1-5H3,(H,44,57)(H,45,50)(H,46,51)(H,47,56)(H,52,53)(H,58,59)(H,60,61). The van der Waals surface area contributed by atoms with E-state index >= 15 is 0 Å². The van der Waals surface area contributed by atoms with Gasteiger partial charge in [-0.1, -0.05) is 90.4 Å². The lowest BCUT2D eigenvalue weighted by Crippen LogP contribution is -2.70. The van der Waals surface area contributed by atoms with Gasteiger partial charge < -0.3 is 75.7 Å². The Kier molecular flexibility index (Phi) is 28.4. The van der Waals surface area contributed by atoms with Crippen molar-refractivity contribution in [3.05, 3.63) is 0 Å². The van der Waals surface area contributed by atoms with E-state index in [0.717, 1.165) is 39.5 Å². The topological polar surface area (TPSA) is 365 Å². The molecule has 2 rings (SSSR count). The van der Waals surface area contributed by atoms with Crippen LogP contribution in [0.1, 0.15) is 137 Å². The minimum absolute atomic E-state index is 0.197. The Balaban J connectivity index is 2.30. The van der Waals surface area contributed by atoms with Crippen molar-refractivity contribution in [1.29, 1.82) is 0 Å². The van der Waals surface area contributed by atoms with Gasteiger partial charge in [-0.3, -0.25) is 33.0 Å². The largest absolute Gasteiger partial charge is 0.481 e. The summed E-state index contributed by atoms with van der Waals surface area (Å²) < 4.78 is 48.1. The van der Waals surface area contributed by atoms with Gasteiger partial charge in [-0.25, -0.2) is 9.36 Å². The first-order valence-electron chi connectivity index (χ1n) is 23.6. The number of carbonyl (C=O) groups excluding carboxylic acids is 4. The van der Waals surface area contributed by atoms with Gasteiger partial charge in [0.05, 0.1) is 19.8 Å². The first-order valence-corrected chi connectivity index (χ1v) is 25.1. The van der Waals surface area contributed by atoms with Crippen LogP contribution in [0.25, 0.3) is 0 Å². The van der Waals surface area contributed by atoms with Crippen LogP contribution in [-0.4, -0.2) is 170 Å². The fraction of sp³-hybridized carbons (Fsp3) is 0.860. The number of hydrogen-bond acceptors (Lipinski definition) is 17. The van der Waals surface area contributed by atoms with Gasteiger partial charge in [-0.15, -0.1) is 0 Å². The Bertz CT molecular complexity index is 1610. The summed E-state index contributed by atoms with van der Waals surface area (Å²) in [5, 5.41) is 69.9. The highest BCUT2D eigenvalue weighted by atomic mass is 31.2. The van der Waals surface area contributed by atoms with Gasteiger partial charge in [-0.05, 0) is 26.7 Å². The molecule has 0 aromatic carbocycles. The van der Waals surface area contributed by atoms with Gasteiger partial charge in [0.2, 0.25) is 23.6 Å². The van der Waals surface area contributed by atoms with E-state index in [2.05, 4.69) is 28.2 Å². The number of aliphatic hydroxyl groups is 4. The van der Waals surface area contributed by atoms with E-state index in [1.54, 1.807) is 0 Å². The number of phosphoric ester groups is 1. The number of carbonyl (C=O) groups is 6. The molecular formula is C43H77N4O20P. The number of ether oxygens (including phenoxy) is 4. The van der Waals surface area contributed by atoms with Gasteiger partial charge in [0, 0.05) is 20.3 Å². The molecule has 14 unspecified atom stereocenters. The minimum atomic E-state index is -5.03. The van der Waals surface area contributed by atoms with Crippen LogP contribution in [0.15, 0.2) is 0 Å². The van der Waals surface area contributed by atoms with Crippen molar-refractivity contribution in [2.75, 3.05) is 19.8 Å². The zero-order valence-electron chi connectivity index (χ0n) is 39.8. The number of nitrogens with one attached hydrogen (secondary N) is 4. The molecule has 0 aromatic heterocycles. The van der Waals surface area contributed by atoms with Gasteiger partial charge >= 0.3 is 19.8 Å². The van der Waals surface area contributed by atoms with E-state index in [9.17, 15) is 63.8 Å². The van der Waals surface area contributed by atoms with Gasteiger partial charge in [0.25, 0.3) is 0 Å². The van der Waals surface area contributed by atoms with E-state index in [1.807, 2.05) is 0 Å². The van der Waals surface area contributed by atoms with Crippen molar-refractivity contribution in [3.63, 3.8) is 0 Å². The number of amides is 4. The number of unbranched alkanes of at least 4 members (excludes halogenated alkanes) is 13. The molecule has 25 heteroatoms. The average molecular weight is 1000 g/mol. The average Bonchev–Trinajstić information content (AvgIpc) is 3.26.